The van der Waals surface area contributed by atoms with Crippen molar-refractivity contribution in [3.8, 4) is 0 Å². The Morgan fingerprint density at radius 3 is 2.45 bits per heavy atom. The first kappa shape index (κ1) is 14.1. The summed E-state index contributed by atoms with van der Waals surface area (Å²) in [6, 6.07) is 3.75. The lowest BCUT2D eigenvalue weighted by molar-refractivity contribution is 0.102. The fourth-order valence-electron chi connectivity index (χ4n) is 2.28. The van der Waals surface area contributed by atoms with E-state index in [4.69, 9.17) is 5.73 Å². The Morgan fingerprint density at radius 1 is 1.25 bits per heavy atom. The highest BCUT2D eigenvalue weighted by molar-refractivity contribution is 6.07. The smallest absolute Gasteiger partial charge is 0.259 e. The number of nitrogens with zero attached hydrogens (tertiary/aromatic N) is 2. The van der Waals surface area contributed by atoms with Crippen molar-refractivity contribution >= 4 is 17.3 Å². The summed E-state index contributed by atoms with van der Waals surface area (Å²) in [5, 5.41) is 7.17. The van der Waals surface area contributed by atoms with Gasteiger partial charge in [-0.05, 0) is 44.9 Å². The van der Waals surface area contributed by atoms with Crippen LogP contribution in [-0.2, 0) is 7.05 Å². The number of aromatic nitrogens is 2. The largest absolute Gasteiger partial charge is 0.397 e. The second kappa shape index (κ2) is 5.00. The van der Waals surface area contributed by atoms with Gasteiger partial charge in [0.25, 0.3) is 5.91 Å². The molecule has 0 fully saturated rings. The van der Waals surface area contributed by atoms with Crippen LogP contribution >= 0.6 is 0 Å². The molecule has 1 aromatic heterocycles. The molecule has 0 radical (unpaired) electrons. The number of carbonyl (C=O) groups excluding carboxylic acids is 1. The standard InChI is InChI=1S/C15H20N4O/c1-8-6-7-12(16)14(9(8)2)17-15(20)13-10(3)18-19(5)11(13)4/h6-7H,16H2,1-5H3,(H,17,20). The Hall–Kier alpha value is -2.30. The second-order valence-corrected chi connectivity index (χ2v) is 5.10. The minimum atomic E-state index is -0.173. The van der Waals surface area contributed by atoms with Gasteiger partial charge in [-0.2, -0.15) is 5.10 Å². The lowest BCUT2D eigenvalue weighted by Crippen LogP contribution is -2.16. The molecule has 5 nitrogen and oxygen atoms in total. The first-order valence-electron chi connectivity index (χ1n) is 6.50. The molecule has 0 spiro atoms. The van der Waals surface area contributed by atoms with Gasteiger partial charge in [0, 0.05) is 12.7 Å². The predicted octanol–water partition coefficient (Wildman–Crippen LogP) is 2.49. The topological polar surface area (TPSA) is 72.9 Å². The number of anilines is 2. The molecule has 1 amide bonds. The number of rotatable bonds is 2. The van der Waals surface area contributed by atoms with Crippen molar-refractivity contribution in [2.45, 2.75) is 27.7 Å². The molecule has 0 aliphatic carbocycles. The molecule has 2 aromatic rings. The molecule has 1 aromatic carbocycles. The summed E-state index contributed by atoms with van der Waals surface area (Å²) in [4.78, 5) is 12.5. The highest BCUT2D eigenvalue weighted by Crippen LogP contribution is 2.27. The number of nitrogens with two attached hydrogens (primary N) is 1. The Labute approximate surface area is 118 Å². The zero-order valence-corrected chi connectivity index (χ0v) is 12.5. The van der Waals surface area contributed by atoms with E-state index >= 15 is 0 Å². The summed E-state index contributed by atoms with van der Waals surface area (Å²) in [7, 11) is 1.82. The molecule has 5 heteroatoms. The Bertz CT molecular complexity index is 686. The van der Waals surface area contributed by atoms with Crippen LogP contribution in [0.1, 0.15) is 32.9 Å². The fraction of sp³-hybridized carbons (Fsp3) is 0.333. The van der Waals surface area contributed by atoms with Crippen molar-refractivity contribution in [3.05, 3.63) is 40.2 Å². The molecule has 0 saturated carbocycles. The van der Waals surface area contributed by atoms with Gasteiger partial charge in [-0.15, -0.1) is 0 Å². The number of hydrogen-bond donors (Lipinski definition) is 2. The van der Waals surface area contributed by atoms with Crippen LogP contribution in [0.5, 0.6) is 0 Å². The molecule has 0 bridgehead atoms. The van der Waals surface area contributed by atoms with Gasteiger partial charge in [0.2, 0.25) is 0 Å². The van der Waals surface area contributed by atoms with Gasteiger partial charge in [-0.25, -0.2) is 0 Å². The minimum Gasteiger partial charge on any atom is -0.397 e. The normalized spacial score (nSPS) is 10.7. The third kappa shape index (κ3) is 2.27. The van der Waals surface area contributed by atoms with E-state index in [0.29, 0.717) is 22.6 Å². The van der Waals surface area contributed by atoms with E-state index in [1.807, 2.05) is 40.8 Å². The highest BCUT2D eigenvalue weighted by atomic mass is 16.1. The van der Waals surface area contributed by atoms with Crippen LogP contribution in [-0.4, -0.2) is 15.7 Å². The van der Waals surface area contributed by atoms with E-state index in [2.05, 4.69) is 10.4 Å². The van der Waals surface area contributed by atoms with Crippen molar-refractivity contribution in [1.82, 2.24) is 9.78 Å². The summed E-state index contributed by atoms with van der Waals surface area (Å²) in [6.07, 6.45) is 0. The maximum absolute atomic E-state index is 12.5. The summed E-state index contributed by atoms with van der Waals surface area (Å²) >= 11 is 0. The van der Waals surface area contributed by atoms with Crippen molar-refractivity contribution < 1.29 is 4.79 Å². The van der Waals surface area contributed by atoms with Crippen molar-refractivity contribution in [1.29, 1.82) is 0 Å². The number of benzene rings is 1. The molecule has 0 unspecified atom stereocenters. The monoisotopic (exact) mass is 272 g/mol. The van der Waals surface area contributed by atoms with Crippen LogP contribution < -0.4 is 11.1 Å². The maximum atomic E-state index is 12.5. The number of carbonyl (C=O) groups is 1. The van der Waals surface area contributed by atoms with Gasteiger partial charge in [0.1, 0.15) is 0 Å². The number of nitrogens with one attached hydrogen (secondary N) is 1. The lowest BCUT2D eigenvalue weighted by Gasteiger charge is -2.13. The molecular weight excluding hydrogens is 252 g/mol. The molecule has 2 rings (SSSR count). The Balaban J connectivity index is 2.40. The van der Waals surface area contributed by atoms with Gasteiger partial charge in [0.15, 0.2) is 0 Å². The van der Waals surface area contributed by atoms with Gasteiger partial charge in [-0.1, -0.05) is 6.07 Å². The average molecular weight is 272 g/mol. The van der Waals surface area contributed by atoms with Crippen LogP contribution in [0.25, 0.3) is 0 Å². The molecule has 106 valence electrons. The molecule has 0 saturated heterocycles. The molecule has 0 atom stereocenters. The summed E-state index contributed by atoms with van der Waals surface area (Å²) in [5.41, 5.74) is 11.4. The third-order valence-electron chi connectivity index (χ3n) is 3.74. The van der Waals surface area contributed by atoms with Crippen molar-refractivity contribution in [2.75, 3.05) is 11.1 Å². The lowest BCUT2D eigenvalue weighted by atomic mass is 10.1. The van der Waals surface area contributed by atoms with Crippen LogP contribution in [0, 0.1) is 27.7 Å². The highest BCUT2D eigenvalue weighted by Gasteiger charge is 2.19. The van der Waals surface area contributed by atoms with E-state index in [9.17, 15) is 4.79 Å². The summed E-state index contributed by atoms with van der Waals surface area (Å²) < 4.78 is 1.71. The van der Waals surface area contributed by atoms with Crippen LogP contribution in [0.4, 0.5) is 11.4 Å². The van der Waals surface area contributed by atoms with Crippen molar-refractivity contribution in [3.63, 3.8) is 0 Å². The molecule has 0 aliphatic rings. The van der Waals surface area contributed by atoms with Crippen LogP contribution in [0.3, 0.4) is 0 Å². The number of nitrogen functional groups attached to an aromatic ring is 1. The minimum absolute atomic E-state index is 0.173. The SMILES string of the molecule is Cc1ccc(N)c(NC(=O)c2c(C)nn(C)c2C)c1C. The maximum Gasteiger partial charge on any atom is 0.259 e. The van der Waals surface area contributed by atoms with Gasteiger partial charge in [0.05, 0.1) is 22.6 Å². The fourth-order valence-corrected chi connectivity index (χ4v) is 2.28. The van der Waals surface area contributed by atoms with E-state index in [0.717, 1.165) is 16.8 Å². The number of aryl methyl sites for hydroxylation is 3. The van der Waals surface area contributed by atoms with Gasteiger partial charge < -0.3 is 11.1 Å². The first-order valence-corrected chi connectivity index (χ1v) is 6.50. The van der Waals surface area contributed by atoms with Gasteiger partial charge >= 0.3 is 0 Å². The molecule has 20 heavy (non-hydrogen) atoms. The van der Waals surface area contributed by atoms with E-state index in [1.54, 1.807) is 10.7 Å². The third-order valence-corrected chi connectivity index (χ3v) is 3.74. The van der Waals surface area contributed by atoms with E-state index in [1.165, 1.54) is 0 Å². The van der Waals surface area contributed by atoms with Crippen LogP contribution in [0.15, 0.2) is 12.1 Å². The number of hydrogen-bond acceptors (Lipinski definition) is 3. The molecule has 1 heterocycles. The molecule has 0 aliphatic heterocycles. The first-order chi connectivity index (χ1) is 9.32. The summed E-state index contributed by atoms with van der Waals surface area (Å²) in [6.45, 7) is 7.64. The predicted molar refractivity (Wildman–Crippen MR) is 81.0 cm³/mol. The quantitative estimate of drug-likeness (QED) is 0.825. The van der Waals surface area contributed by atoms with E-state index < -0.39 is 0 Å². The average Bonchev–Trinajstić information content (AvgIpc) is 2.63. The zero-order valence-electron chi connectivity index (χ0n) is 12.5. The van der Waals surface area contributed by atoms with Gasteiger partial charge in [-0.3, -0.25) is 9.48 Å². The van der Waals surface area contributed by atoms with Crippen molar-refractivity contribution in [2.24, 2.45) is 7.05 Å². The Morgan fingerprint density at radius 2 is 1.90 bits per heavy atom. The van der Waals surface area contributed by atoms with Crippen LogP contribution in [0.2, 0.25) is 0 Å². The zero-order chi connectivity index (χ0) is 15.0. The summed E-state index contributed by atoms with van der Waals surface area (Å²) in [5.74, 6) is -0.173. The molecular formula is C15H20N4O. The van der Waals surface area contributed by atoms with E-state index in [-0.39, 0.29) is 5.91 Å². The number of amides is 1. The molecule has 3 N–H and O–H groups in total. The second-order valence-electron chi connectivity index (χ2n) is 5.10. The Kier molecular flexibility index (Phi) is 3.53.